The molecule has 0 saturated heterocycles. The second-order valence-electron chi connectivity index (χ2n) is 5.17. The van der Waals surface area contributed by atoms with E-state index in [4.69, 9.17) is 9.84 Å². The first-order valence-electron chi connectivity index (χ1n) is 5.63. The number of carbonyl (C=O) groups excluding carboxylic acids is 1. The van der Waals surface area contributed by atoms with Crippen LogP contribution in [0.5, 0.6) is 0 Å². The van der Waals surface area contributed by atoms with Crippen molar-refractivity contribution >= 4 is 11.9 Å². The molecule has 0 aliphatic carbocycles. The summed E-state index contributed by atoms with van der Waals surface area (Å²) in [5, 5.41) is 8.98. The van der Waals surface area contributed by atoms with Crippen molar-refractivity contribution in [2.45, 2.75) is 53.1 Å². The largest absolute Gasteiger partial charge is 0.481 e. The lowest BCUT2D eigenvalue weighted by atomic mass is 9.94. The van der Waals surface area contributed by atoms with Crippen LogP contribution in [0.2, 0.25) is 0 Å². The molecule has 1 unspecified atom stereocenters. The maximum absolute atomic E-state index is 11.6. The van der Waals surface area contributed by atoms with Gasteiger partial charge in [-0.2, -0.15) is 0 Å². The third kappa shape index (κ3) is 5.73. The van der Waals surface area contributed by atoms with Gasteiger partial charge < -0.3 is 9.84 Å². The number of rotatable bonds is 5. The van der Waals surface area contributed by atoms with Crippen molar-refractivity contribution in [3.63, 3.8) is 0 Å². The fourth-order valence-electron chi connectivity index (χ4n) is 1.24. The number of hydrogen-bond donors (Lipinski definition) is 1. The maximum Gasteiger partial charge on any atom is 0.320 e. The van der Waals surface area contributed by atoms with Gasteiger partial charge in [0.1, 0.15) is 5.60 Å². The van der Waals surface area contributed by atoms with Gasteiger partial charge in [-0.05, 0) is 33.1 Å². The monoisotopic (exact) mass is 230 g/mol. The van der Waals surface area contributed by atoms with Crippen molar-refractivity contribution in [3.05, 3.63) is 0 Å². The van der Waals surface area contributed by atoms with Crippen LogP contribution in [0.1, 0.15) is 47.5 Å². The minimum absolute atomic E-state index is 0.202. The minimum Gasteiger partial charge on any atom is -0.481 e. The Labute approximate surface area is 97.0 Å². The van der Waals surface area contributed by atoms with Crippen LogP contribution < -0.4 is 0 Å². The quantitative estimate of drug-likeness (QED) is 0.582. The summed E-state index contributed by atoms with van der Waals surface area (Å²) in [6, 6.07) is 0. The van der Waals surface area contributed by atoms with E-state index in [-0.39, 0.29) is 5.92 Å². The molecule has 0 spiro atoms. The van der Waals surface area contributed by atoms with E-state index in [9.17, 15) is 9.59 Å². The van der Waals surface area contributed by atoms with Gasteiger partial charge in [-0.15, -0.1) is 0 Å². The van der Waals surface area contributed by atoms with Gasteiger partial charge in [0.05, 0.1) is 0 Å². The van der Waals surface area contributed by atoms with Gasteiger partial charge in [0.25, 0.3) is 0 Å². The molecular formula is C12H22O4. The summed E-state index contributed by atoms with van der Waals surface area (Å²) in [6.07, 6.45) is 1.19. The highest BCUT2D eigenvalue weighted by atomic mass is 16.6. The number of esters is 1. The average molecular weight is 230 g/mol. The molecule has 0 radical (unpaired) electrons. The highest BCUT2D eigenvalue weighted by molar-refractivity contribution is 5.94. The smallest absolute Gasteiger partial charge is 0.320 e. The zero-order valence-electron chi connectivity index (χ0n) is 10.7. The lowest BCUT2D eigenvalue weighted by Crippen LogP contribution is -2.33. The summed E-state index contributed by atoms with van der Waals surface area (Å²) in [5.74, 6) is -2.59. The molecule has 0 aromatic carbocycles. The second-order valence-corrected chi connectivity index (χ2v) is 5.17. The SMILES string of the molecule is CCC(C)C[C@H](C(=O)O)C(=O)OC(C)(C)C. The van der Waals surface area contributed by atoms with E-state index in [1.54, 1.807) is 20.8 Å². The number of ether oxygens (including phenoxy) is 1. The van der Waals surface area contributed by atoms with E-state index < -0.39 is 23.5 Å². The Bertz CT molecular complexity index is 252. The second kappa shape index (κ2) is 5.87. The van der Waals surface area contributed by atoms with E-state index in [2.05, 4.69) is 0 Å². The minimum atomic E-state index is -1.10. The standard InChI is InChI=1S/C12H22O4/c1-6-8(2)7-9(10(13)14)11(15)16-12(3,4)5/h8-9H,6-7H2,1-5H3,(H,13,14)/t8?,9-/m1/s1. The van der Waals surface area contributed by atoms with Crippen LogP contribution in [0.4, 0.5) is 0 Å². The molecule has 0 aromatic rings. The molecule has 0 aromatic heterocycles. The molecule has 94 valence electrons. The molecule has 2 atom stereocenters. The van der Waals surface area contributed by atoms with Crippen molar-refractivity contribution in [1.82, 2.24) is 0 Å². The van der Waals surface area contributed by atoms with Crippen LogP contribution in [0.3, 0.4) is 0 Å². The van der Waals surface area contributed by atoms with Crippen molar-refractivity contribution in [2.24, 2.45) is 11.8 Å². The average Bonchev–Trinajstić information content (AvgIpc) is 2.09. The molecule has 0 aliphatic rings. The molecule has 0 bridgehead atoms. The van der Waals surface area contributed by atoms with Gasteiger partial charge in [0.2, 0.25) is 0 Å². The Morgan fingerprint density at radius 3 is 2.12 bits per heavy atom. The lowest BCUT2D eigenvalue weighted by molar-refractivity contribution is -0.167. The molecular weight excluding hydrogens is 208 g/mol. The third-order valence-corrected chi connectivity index (χ3v) is 2.32. The van der Waals surface area contributed by atoms with Crippen LogP contribution in [0.15, 0.2) is 0 Å². The molecule has 0 rings (SSSR count). The van der Waals surface area contributed by atoms with Crippen LogP contribution in [-0.2, 0) is 14.3 Å². The molecule has 16 heavy (non-hydrogen) atoms. The Balaban J connectivity index is 4.54. The van der Waals surface area contributed by atoms with Crippen LogP contribution >= 0.6 is 0 Å². The molecule has 0 aliphatic heterocycles. The summed E-state index contributed by atoms with van der Waals surface area (Å²) >= 11 is 0. The van der Waals surface area contributed by atoms with Crippen LogP contribution in [-0.4, -0.2) is 22.6 Å². The van der Waals surface area contributed by atoms with E-state index >= 15 is 0 Å². The van der Waals surface area contributed by atoms with Crippen molar-refractivity contribution in [1.29, 1.82) is 0 Å². The number of carboxylic acids is 1. The van der Waals surface area contributed by atoms with E-state index in [0.29, 0.717) is 6.42 Å². The highest BCUT2D eigenvalue weighted by Gasteiger charge is 2.31. The zero-order valence-corrected chi connectivity index (χ0v) is 10.7. The molecule has 4 nitrogen and oxygen atoms in total. The molecule has 0 saturated carbocycles. The first-order chi connectivity index (χ1) is 7.17. The summed E-state index contributed by atoms with van der Waals surface area (Å²) in [4.78, 5) is 22.6. The molecule has 0 amide bonds. The summed E-state index contributed by atoms with van der Waals surface area (Å²) in [7, 11) is 0. The molecule has 1 N–H and O–H groups in total. The Morgan fingerprint density at radius 1 is 1.31 bits per heavy atom. The van der Waals surface area contributed by atoms with Crippen molar-refractivity contribution in [3.8, 4) is 0 Å². The van der Waals surface area contributed by atoms with Gasteiger partial charge in [-0.3, -0.25) is 9.59 Å². The van der Waals surface area contributed by atoms with Crippen molar-refractivity contribution in [2.75, 3.05) is 0 Å². The van der Waals surface area contributed by atoms with E-state index in [1.165, 1.54) is 0 Å². The Morgan fingerprint density at radius 2 is 1.81 bits per heavy atom. The summed E-state index contributed by atoms with van der Waals surface area (Å²) in [6.45, 7) is 9.09. The summed E-state index contributed by atoms with van der Waals surface area (Å²) < 4.78 is 5.09. The zero-order chi connectivity index (χ0) is 12.9. The first kappa shape index (κ1) is 14.9. The van der Waals surface area contributed by atoms with Gasteiger partial charge in [-0.1, -0.05) is 20.3 Å². The van der Waals surface area contributed by atoms with Gasteiger partial charge in [0, 0.05) is 0 Å². The van der Waals surface area contributed by atoms with Gasteiger partial charge in [-0.25, -0.2) is 0 Å². The summed E-state index contributed by atoms with van der Waals surface area (Å²) in [5.41, 5.74) is -0.639. The third-order valence-electron chi connectivity index (χ3n) is 2.32. The van der Waals surface area contributed by atoms with Gasteiger partial charge in [0.15, 0.2) is 5.92 Å². The fraction of sp³-hybridized carbons (Fsp3) is 0.833. The number of hydrogen-bond acceptors (Lipinski definition) is 3. The lowest BCUT2D eigenvalue weighted by Gasteiger charge is -2.23. The highest BCUT2D eigenvalue weighted by Crippen LogP contribution is 2.19. The van der Waals surface area contributed by atoms with Crippen molar-refractivity contribution < 1.29 is 19.4 Å². The van der Waals surface area contributed by atoms with Gasteiger partial charge >= 0.3 is 11.9 Å². The van der Waals surface area contributed by atoms with Crippen LogP contribution in [0.25, 0.3) is 0 Å². The van der Waals surface area contributed by atoms with E-state index in [1.807, 2.05) is 13.8 Å². The number of carbonyl (C=O) groups is 2. The number of aliphatic carboxylic acids is 1. The Kier molecular flexibility index (Phi) is 5.48. The molecule has 0 fully saturated rings. The topological polar surface area (TPSA) is 63.6 Å². The normalized spacial score (nSPS) is 15.3. The van der Waals surface area contributed by atoms with E-state index in [0.717, 1.165) is 6.42 Å². The first-order valence-corrected chi connectivity index (χ1v) is 5.63. The predicted octanol–water partition coefficient (Wildman–Crippen LogP) is 2.47. The maximum atomic E-state index is 11.6. The Hall–Kier alpha value is -1.06. The van der Waals surface area contributed by atoms with Crippen LogP contribution in [0, 0.1) is 11.8 Å². The fourth-order valence-corrected chi connectivity index (χ4v) is 1.24. The molecule has 0 heterocycles. The molecule has 4 heteroatoms. The number of carboxylic acid groups (broad SMARTS) is 1. The predicted molar refractivity (Wildman–Crippen MR) is 61.0 cm³/mol.